The average Bonchev–Trinajstić information content (AvgIpc) is 3.80. The fourth-order valence-electron chi connectivity index (χ4n) is 4.77. The number of halogens is 3. The van der Waals surface area contributed by atoms with Crippen LogP contribution in [0.1, 0.15) is 31.2 Å². The molecule has 12 heteroatoms. The topological polar surface area (TPSA) is 127 Å². The number of benzene rings is 2. The van der Waals surface area contributed by atoms with Crippen molar-refractivity contribution in [2.45, 2.75) is 53.9 Å². The number of sulfone groups is 1. The van der Waals surface area contributed by atoms with Crippen molar-refractivity contribution < 1.29 is 30.9 Å². The molecule has 0 spiro atoms. The van der Waals surface area contributed by atoms with Gasteiger partial charge < -0.3 is 10.3 Å². The molecule has 2 aromatic rings. The first-order valence-corrected chi connectivity index (χ1v) is 16.1. The highest BCUT2D eigenvalue weighted by Gasteiger charge is 2.69. The molecule has 7 nitrogen and oxygen atoms in total. The zero-order chi connectivity index (χ0) is 29.5. The molecule has 2 aliphatic rings. The van der Waals surface area contributed by atoms with Crippen LogP contribution in [-0.4, -0.2) is 59.8 Å². The maximum Gasteiger partial charge on any atom is 0.422 e. The van der Waals surface area contributed by atoms with E-state index in [0.717, 1.165) is 6.26 Å². The Morgan fingerprint density at radius 1 is 1.15 bits per heavy atom. The molecule has 212 valence electrons. The van der Waals surface area contributed by atoms with Crippen LogP contribution in [0.25, 0.3) is 11.1 Å². The number of nitrogens with two attached hydrogens (primary N) is 1. The summed E-state index contributed by atoms with van der Waals surface area (Å²) in [6.45, 7) is 0. The molecule has 4 rings (SSSR count). The van der Waals surface area contributed by atoms with Gasteiger partial charge in [-0.1, -0.05) is 36.1 Å². The Morgan fingerprint density at radius 3 is 2.05 bits per heavy atom. The van der Waals surface area contributed by atoms with Crippen LogP contribution in [-0.2, 0) is 31.3 Å². The molecule has 1 amide bonds. The van der Waals surface area contributed by atoms with Gasteiger partial charge in [0.05, 0.1) is 11.8 Å². The molecule has 1 unspecified atom stereocenters. The molecule has 0 bridgehead atoms. The Balaban J connectivity index is 1.94. The number of alkyl halides is 3. The third kappa shape index (κ3) is 6.01. The van der Waals surface area contributed by atoms with Crippen molar-refractivity contribution in [2.75, 3.05) is 18.3 Å². The molecule has 3 atom stereocenters. The summed E-state index contributed by atoms with van der Waals surface area (Å²) in [5.74, 6) is 2.50. The molecular weight excluding hydrogens is 563 g/mol. The monoisotopic (exact) mass is 591 g/mol. The molecule has 0 saturated heterocycles. The predicted molar refractivity (Wildman–Crippen MR) is 145 cm³/mol. The van der Waals surface area contributed by atoms with Gasteiger partial charge in [0.25, 0.3) is 0 Å². The van der Waals surface area contributed by atoms with Gasteiger partial charge in [-0.2, -0.15) is 18.4 Å². The zero-order valence-corrected chi connectivity index (χ0v) is 23.5. The van der Waals surface area contributed by atoms with E-state index in [9.17, 15) is 23.0 Å². The highest BCUT2D eigenvalue weighted by Crippen LogP contribution is 2.55. The summed E-state index contributed by atoms with van der Waals surface area (Å²) in [5, 5.41) is 10.0. The molecule has 2 saturated carbocycles. The Hall–Kier alpha value is -3.03. The van der Waals surface area contributed by atoms with Crippen LogP contribution in [0.3, 0.4) is 0 Å². The van der Waals surface area contributed by atoms with Gasteiger partial charge in [-0.25, -0.2) is 13.3 Å². The van der Waals surface area contributed by atoms with Crippen LogP contribution >= 0.6 is 0 Å². The number of hydrogen-bond donors (Lipinski definition) is 1. The van der Waals surface area contributed by atoms with Crippen LogP contribution < -0.4 is 5.73 Å². The molecule has 40 heavy (non-hydrogen) atoms. The summed E-state index contributed by atoms with van der Waals surface area (Å²) in [4.78, 5) is 13.9. The van der Waals surface area contributed by atoms with Gasteiger partial charge >= 0.3 is 6.18 Å². The third-order valence-corrected chi connectivity index (χ3v) is 8.98. The zero-order valence-electron chi connectivity index (χ0n) is 21.9. The summed E-state index contributed by atoms with van der Waals surface area (Å²) in [5.41, 5.74) is 1.46. The van der Waals surface area contributed by atoms with Gasteiger partial charge in [0.15, 0.2) is 4.90 Å². The molecular formula is C28H28F3N3O4S2. The Bertz CT molecular complexity index is 1480. The summed E-state index contributed by atoms with van der Waals surface area (Å²) in [6, 6.07) is 12.1. The van der Waals surface area contributed by atoms with E-state index in [2.05, 4.69) is 11.8 Å². The third-order valence-electron chi connectivity index (χ3n) is 7.12. The van der Waals surface area contributed by atoms with E-state index in [4.69, 9.17) is 5.73 Å². The van der Waals surface area contributed by atoms with Gasteiger partial charge in [0.1, 0.15) is 27.7 Å². The molecule has 0 aromatic heterocycles. The minimum Gasteiger partial charge on any atom is -0.612 e. The minimum absolute atomic E-state index is 0.0107. The summed E-state index contributed by atoms with van der Waals surface area (Å²) in [7, 11) is -4.00. The second-order valence-electron chi connectivity index (χ2n) is 10.3. The number of rotatable bonds is 9. The van der Waals surface area contributed by atoms with Gasteiger partial charge in [-0.15, -0.1) is 0 Å². The molecule has 2 aromatic carbocycles. The largest absolute Gasteiger partial charge is 0.612 e. The Morgan fingerprint density at radius 2 is 1.68 bits per heavy atom. The molecule has 0 radical (unpaired) electrons. The number of amides is 1. The van der Waals surface area contributed by atoms with E-state index in [0.29, 0.717) is 33.8 Å². The summed E-state index contributed by atoms with van der Waals surface area (Å²) >= 11 is -1.20. The van der Waals surface area contributed by atoms with Crippen molar-refractivity contribution >= 4 is 26.9 Å². The van der Waals surface area contributed by atoms with E-state index >= 15 is 13.2 Å². The second-order valence-corrected chi connectivity index (χ2v) is 13.9. The van der Waals surface area contributed by atoms with E-state index in [-0.39, 0.29) is 24.3 Å². The fraction of sp³-hybridized carbons (Fsp3) is 0.429. The minimum atomic E-state index is -5.15. The SMILES string of the molecule is C[S+]([O-])c1ccc(-c2ccc([C@](C#CC3CC3)(N([C@@H](CS(C)(=O)=O)C(N)=O)C3(C#N)CC3)C(F)(F)F)cc2)cc1. The lowest BCUT2D eigenvalue weighted by Crippen LogP contribution is -2.67. The van der Waals surface area contributed by atoms with Crippen molar-refractivity contribution in [3.05, 3.63) is 54.1 Å². The first-order valence-electron chi connectivity index (χ1n) is 12.4. The summed E-state index contributed by atoms with van der Waals surface area (Å²) in [6.07, 6.45) is -1.61. The molecule has 0 heterocycles. The van der Waals surface area contributed by atoms with E-state index in [1.165, 1.54) is 30.5 Å². The maximum absolute atomic E-state index is 15.5. The smallest absolute Gasteiger partial charge is 0.422 e. The lowest BCUT2D eigenvalue weighted by molar-refractivity contribution is -0.228. The molecule has 2 aliphatic carbocycles. The van der Waals surface area contributed by atoms with Crippen molar-refractivity contribution in [1.29, 1.82) is 5.26 Å². The number of carbonyl (C=O) groups excluding carboxylic acids is 1. The van der Waals surface area contributed by atoms with E-state index in [1.54, 1.807) is 24.3 Å². The van der Waals surface area contributed by atoms with Crippen LogP contribution in [0.15, 0.2) is 53.4 Å². The van der Waals surface area contributed by atoms with Crippen LogP contribution in [0, 0.1) is 29.1 Å². The normalized spacial score (nSPS) is 19.4. The van der Waals surface area contributed by atoms with Gasteiger partial charge in [0.2, 0.25) is 11.4 Å². The Kier molecular flexibility index (Phi) is 8.05. The number of nitrogens with zero attached hydrogens (tertiary/aromatic N) is 2. The number of primary amides is 1. The van der Waals surface area contributed by atoms with Crippen LogP contribution in [0.5, 0.6) is 0 Å². The molecule has 0 aliphatic heterocycles. The first kappa shape index (κ1) is 29.9. The van der Waals surface area contributed by atoms with Crippen molar-refractivity contribution in [1.82, 2.24) is 4.90 Å². The summed E-state index contributed by atoms with van der Waals surface area (Å²) < 4.78 is 82.8. The van der Waals surface area contributed by atoms with Crippen molar-refractivity contribution in [2.24, 2.45) is 11.7 Å². The highest BCUT2D eigenvalue weighted by atomic mass is 32.2. The number of carbonyl (C=O) groups is 1. The average molecular weight is 592 g/mol. The first-order chi connectivity index (χ1) is 18.6. The van der Waals surface area contributed by atoms with Gasteiger partial charge in [-0.05, 0) is 77.8 Å². The second kappa shape index (κ2) is 10.7. The Labute approximate surface area is 234 Å². The highest BCUT2D eigenvalue weighted by molar-refractivity contribution is 7.91. The molecule has 2 fully saturated rings. The van der Waals surface area contributed by atoms with Crippen molar-refractivity contribution in [3.8, 4) is 29.0 Å². The predicted octanol–water partition coefficient (Wildman–Crippen LogP) is 3.52. The van der Waals surface area contributed by atoms with Gasteiger partial charge in [0, 0.05) is 12.2 Å². The van der Waals surface area contributed by atoms with Crippen LogP contribution in [0.2, 0.25) is 0 Å². The molecule has 2 N–H and O–H groups in total. The number of nitriles is 1. The van der Waals surface area contributed by atoms with E-state index in [1.807, 2.05) is 6.07 Å². The lowest BCUT2D eigenvalue weighted by atomic mass is 9.83. The quantitative estimate of drug-likeness (QED) is 0.351. The maximum atomic E-state index is 15.5. The van der Waals surface area contributed by atoms with E-state index < -0.39 is 56.0 Å². The van der Waals surface area contributed by atoms with Gasteiger partial charge in [-0.3, -0.25) is 4.79 Å². The number of hydrogen-bond acceptors (Lipinski definition) is 6. The van der Waals surface area contributed by atoms with Crippen molar-refractivity contribution in [3.63, 3.8) is 0 Å². The van der Waals surface area contributed by atoms with Crippen LogP contribution in [0.4, 0.5) is 13.2 Å². The standard InChI is InChI=1S/C28H28F3N3O4S2/c1-39(36)23-11-7-21(8-12-23)20-5-9-22(10-6-20)27(28(29,30)31,14-13-19-3-4-19)34(26(18-32)15-16-26)24(25(33)35)17-40(2,37)38/h5-12,19,24H,3-4,15-17H2,1-2H3,(H2,33,35)/t24-,27-,39?/m0/s1. The fourth-order valence-corrected chi connectivity index (χ4v) is 6.17. The lowest BCUT2D eigenvalue weighted by Gasteiger charge is -2.47.